The third-order valence-corrected chi connectivity index (χ3v) is 5.53. The van der Waals surface area contributed by atoms with Gasteiger partial charge in [0.2, 0.25) is 11.8 Å². The van der Waals surface area contributed by atoms with Crippen LogP contribution in [0.4, 0.5) is 11.4 Å². The molecule has 3 rings (SSSR count). The number of hydrogen-bond donors (Lipinski definition) is 0. The van der Waals surface area contributed by atoms with Crippen molar-refractivity contribution in [1.29, 1.82) is 0 Å². The Morgan fingerprint density at radius 2 is 1.69 bits per heavy atom. The zero-order valence-electron chi connectivity index (χ0n) is 17.6. The molecule has 0 aromatic heterocycles. The molecular weight excluding hydrogens is 366 g/mol. The van der Waals surface area contributed by atoms with Crippen LogP contribution >= 0.6 is 0 Å². The minimum absolute atomic E-state index is 0.0295. The SMILES string of the molecule is COc1ccccc1N1CCN(C(=O)CN(C(C)=O)c2ccc(C)c(C)c2)CC1. The molecule has 6 heteroatoms. The molecule has 1 aliphatic heterocycles. The first-order valence-electron chi connectivity index (χ1n) is 9.92. The van der Waals surface area contributed by atoms with Gasteiger partial charge in [-0.2, -0.15) is 0 Å². The Balaban J connectivity index is 1.65. The van der Waals surface area contributed by atoms with Crippen molar-refractivity contribution in [3.63, 3.8) is 0 Å². The van der Waals surface area contributed by atoms with Crippen LogP contribution in [0.5, 0.6) is 5.75 Å². The molecule has 0 aliphatic carbocycles. The molecule has 0 saturated carbocycles. The van der Waals surface area contributed by atoms with Crippen molar-refractivity contribution in [2.75, 3.05) is 49.6 Å². The first-order valence-corrected chi connectivity index (χ1v) is 9.92. The van der Waals surface area contributed by atoms with Crippen molar-refractivity contribution in [3.8, 4) is 5.75 Å². The number of ether oxygens (including phenoxy) is 1. The van der Waals surface area contributed by atoms with Crippen LogP contribution in [0.1, 0.15) is 18.1 Å². The molecule has 2 aromatic rings. The molecule has 1 saturated heterocycles. The summed E-state index contributed by atoms with van der Waals surface area (Å²) in [4.78, 5) is 30.7. The van der Waals surface area contributed by atoms with E-state index >= 15 is 0 Å². The summed E-state index contributed by atoms with van der Waals surface area (Å²) >= 11 is 0. The lowest BCUT2D eigenvalue weighted by Crippen LogP contribution is -2.52. The van der Waals surface area contributed by atoms with Gasteiger partial charge in [-0.1, -0.05) is 18.2 Å². The maximum atomic E-state index is 12.9. The second-order valence-electron chi connectivity index (χ2n) is 7.41. The summed E-state index contributed by atoms with van der Waals surface area (Å²) in [6.45, 7) is 8.31. The smallest absolute Gasteiger partial charge is 0.242 e. The van der Waals surface area contributed by atoms with E-state index in [9.17, 15) is 9.59 Å². The average Bonchev–Trinajstić information content (AvgIpc) is 2.73. The number of para-hydroxylation sites is 2. The Hall–Kier alpha value is -3.02. The van der Waals surface area contributed by atoms with E-state index < -0.39 is 0 Å². The molecule has 1 fully saturated rings. The zero-order chi connectivity index (χ0) is 21.0. The van der Waals surface area contributed by atoms with Crippen molar-refractivity contribution >= 4 is 23.2 Å². The van der Waals surface area contributed by atoms with Crippen molar-refractivity contribution in [3.05, 3.63) is 53.6 Å². The van der Waals surface area contributed by atoms with Crippen molar-refractivity contribution in [2.24, 2.45) is 0 Å². The van der Waals surface area contributed by atoms with Gasteiger partial charge in [0.25, 0.3) is 0 Å². The van der Waals surface area contributed by atoms with Crippen LogP contribution in [0.25, 0.3) is 0 Å². The first kappa shape index (κ1) is 20.7. The molecule has 29 heavy (non-hydrogen) atoms. The van der Waals surface area contributed by atoms with Crippen molar-refractivity contribution in [1.82, 2.24) is 4.90 Å². The molecular formula is C23H29N3O3. The number of amides is 2. The monoisotopic (exact) mass is 395 g/mol. The van der Waals surface area contributed by atoms with E-state index in [-0.39, 0.29) is 18.4 Å². The molecule has 0 bridgehead atoms. The van der Waals surface area contributed by atoms with E-state index in [1.807, 2.05) is 61.2 Å². The zero-order valence-corrected chi connectivity index (χ0v) is 17.6. The second kappa shape index (κ2) is 8.99. The number of benzene rings is 2. The van der Waals surface area contributed by atoms with Gasteiger partial charge in [-0.15, -0.1) is 0 Å². The van der Waals surface area contributed by atoms with Gasteiger partial charge in [0.15, 0.2) is 0 Å². The Morgan fingerprint density at radius 3 is 2.31 bits per heavy atom. The van der Waals surface area contributed by atoms with Gasteiger partial charge in [-0.05, 0) is 49.2 Å². The normalized spacial score (nSPS) is 13.9. The van der Waals surface area contributed by atoms with Crippen LogP contribution in [0, 0.1) is 13.8 Å². The number of hydrogen-bond acceptors (Lipinski definition) is 4. The highest BCUT2D eigenvalue weighted by molar-refractivity contribution is 5.97. The predicted molar refractivity (Wildman–Crippen MR) is 116 cm³/mol. The molecule has 0 unspecified atom stereocenters. The van der Waals surface area contributed by atoms with Gasteiger partial charge < -0.3 is 19.4 Å². The van der Waals surface area contributed by atoms with Gasteiger partial charge in [-0.3, -0.25) is 9.59 Å². The number of carbonyl (C=O) groups excluding carboxylic acids is 2. The lowest BCUT2D eigenvalue weighted by molar-refractivity contribution is -0.131. The highest BCUT2D eigenvalue weighted by Crippen LogP contribution is 2.28. The van der Waals surface area contributed by atoms with Crippen LogP contribution in [-0.2, 0) is 9.59 Å². The van der Waals surface area contributed by atoms with Crippen LogP contribution < -0.4 is 14.5 Å². The topological polar surface area (TPSA) is 53.1 Å². The maximum absolute atomic E-state index is 12.9. The van der Waals surface area contributed by atoms with Crippen LogP contribution in [0.15, 0.2) is 42.5 Å². The number of piperazine rings is 1. The fourth-order valence-corrected chi connectivity index (χ4v) is 3.60. The first-order chi connectivity index (χ1) is 13.9. The second-order valence-corrected chi connectivity index (χ2v) is 7.41. The minimum atomic E-state index is -0.130. The van der Waals surface area contributed by atoms with Crippen LogP contribution in [0.2, 0.25) is 0 Å². The Bertz CT molecular complexity index is 889. The van der Waals surface area contributed by atoms with Crippen molar-refractivity contribution in [2.45, 2.75) is 20.8 Å². The van der Waals surface area contributed by atoms with E-state index in [1.165, 1.54) is 6.92 Å². The van der Waals surface area contributed by atoms with E-state index in [0.717, 1.165) is 41.3 Å². The summed E-state index contributed by atoms with van der Waals surface area (Å²) in [6.07, 6.45) is 0. The Kier molecular flexibility index (Phi) is 6.42. The Morgan fingerprint density at radius 1 is 1.00 bits per heavy atom. The van der Waals surface area contributed by atoms with Gasteiger partial charge in [0, 0.05) is 38.8 Å². The van der Waals surface area contributed by atoms with E-state index in [1.54, 1.807) is 12.0 Å². The summed E-state index contributed by atoms with van der Waals surface area (Å²) in [5, 5.41) is 0. The molecule has 1 aliphatic rings. The number of rotatable bonds is 5. The lowest BCUT2D eigenvalue weighted by Gasteiger charge is -2.37. The van der Waals surface area contributed by atoms with Gasteiger partial charge in [-0.25, -0.2) is 0 Å². The van der Waals surface area contributed by atoms with Gasteiger partial charge in [0.1, 0.15) is 12.3 Å². The number of aryl methyl sites for hydroxylation is 2. The summed E-state index contributed by atoms with van der Waals surface area (Å²) in [6, 6.07) is 13.8. The maximum Gasteiger partial charge on any atom is 0.242 e. The highest BCUT2D eigenvalue weighted by Gasteiger charge is 2.25. The van der Waals surface area contributed by atoms with Crippen LogP contribution in [0.3, 0.4) is 0 Å². The fraction of sp³-hybridized carbons (Fsp3) is 0.391. The predicted octanol–water partition coefficient (Wildman–Crippen LogP) is 3.01. The molecule has 0 radical (unpaired) electrons. The summed E-state index contributed by atoms with van der Waals surface area (Å²) in [5.74, 6) is 0.678. The molecule has 2 amide bonds. The van der Waals surface area contributed by atoms with Gasteiger partial charge >= 0.3 is 0 Å². The molecule has 0 spiro atoms. The molecule has 1 heterocycles. The molecule has 0 N–H and O–H groups in total. The van der Waals surface area contributed by atoms with Crippen molar-refractivity contribution < 1.29 is 14.3 Å². The average molecular weight is 396 g/mol. The third kappa shape index (κ3) is 4.70. The fourth-order valence-electron chi connectivity index (χ4n) is 3.60. The number of nitrogens with zero attached hydrogens (tertiary/aromatic N) is 3. The molecule has 6 nitrogen and oxygen atoms in total. The highest BCUT2D eigenvalue weighted by atomic mass is 16.5. The van der Waals surface area contributed by atoms with Gasteiger partial charge in [0.05, 0.1) is 12.8 Å². The quantitative estimate of drug-likeness (QED) is 0.781. The Labute approximate surface area is 172 Å². The summed E-state index contributed by atoms with van der Waals surface area (Å²) < 4.78 is 5.45. The molecule has 0 atom stereocenters. The standard InChI is InChI=1S/C23H29N3O3/c1-17-9-10-20(15-18(17)2)26(19(3)27)16-23(28)25-13-11-24(12-14-25)21-7-5-6-8-22(21)29-4/h5-10,15H,11-14,16H2,1-4H3. The van der Waals surface area contributed by atoms with Crippen LogP contribution in [-0.4, -0.2) is 56.5 Å². The van der Waals surface area contributed by atoms with E-state index in [2.05, 4.69) is 4.90 Å². The third-order valence-electron chi connectivity index (χ3n) is 5.53. The summed E-state index contributed by atoms with van der Waals surface area (Å²) in [7, 11) is 1.67. The lowest BCUT2D eigenvalue weighted by atomic mass is 10.1. The molecule has 2 aromatic carbocycles. The largest absolute Gasteiger partial charge is 0.495 e. The number of methoxy groups -OCH3 is 1. The molecule has 154 valence electrons. The summed E-state index contributed by atoms with van der Waals surface area (Å²) in [5.41, 5.74) is 4.08. The van der Waals surface area contributed by atoms with E-state index in [4.69, 9.17) is 4.74 Å². The number of anilines is 2. The number of carbonyl (C=O) groups is 2. The minimum Gasteiger partial charge on any atom is -0.495 e. The van der Waals surface area contributed by atoms with E-state index in [0.29, 0.717) is 13.1 Å².